The van der Waals surface area contributed by atoms with E-state index in [-0.39, 0.29) is 28.9 Å². The topological polar surface area (TPSA) is 49.4 Å². The molecule has 1 aliphatic heterocycles. The highest BCUT2D eigenvalue weighted by Crippen LogP contribution is 2.42. The van der Waals surface area contributed by atoms with E-state index in [9.17, 15) is 14.0 Å². The highest BCUT2D eigenvalue weighted by atomic mass is 32.2. The van der Waals surface area contributed by atoms with E-state index in [1.165, 1.54) is 30.3 Å². The highest BCUT2D eigenvalue weighted by molar-refractivity contribution is 8.00. The third-order valence-corrected chi connectivity index (χ3v) is 6.58. The summed E-state index contributed by atoms with van der Waals surface area (Å²) < 4.78 is 13.7. The van der Waals surface area contributed by atoms with E-state index < -0.39 is 0 Å². The Morgan fingerprint density at radius 3 is 2.64 bits per heavy atom. The second-order valence-corrected chi connectivity index (χ2v) is 8.43. The summed E-state index contributed by atoms with van der Waals surface area (Å²) in [6.07, 6.45) is 5.34. The van der Waals surface area contributed by atoms with Crippen molar-refractivity contribution in [3.8, 4) is 0 Å². The van der Waals surface area contributed by atoms with Crippen LogP contribution in [0.3, 0.4) is 0 Å². The second-order valence-electron chi connectivity index (χ2n) is 7.36. The average molecular weight is 399 g/mol. The Kier molecular flexibility index (Phi) is 5.67. The molecule has 0 spiro atoms. The number of anilines is 2. The van der Waals surface area contributed by atoms with Crippen LogP contribution < -0.4 is 10.2 Å². The van der Waals surface area contributed by atoms with Crippen LogP contribution in [-0.4, -0.2) is 17.6 Å². The van der Waals surface area contributed by atoms with E-state index in [1.54, 1.807) is 17.0 Å². The minimum Gasteiger partial charge on any atom is -0.326 e. The summed E-state index contributed by atoms with van der Waals surface area (Å²) >= 11 is 1.51. The molecule has 1 atom stereocenters. The fourth-order valence-corrected chi connectivity index (χ4v) is 5.12. The maximum Gasteiger partial charge on any atom is 0.238 e. The van der Waals surface area contributed by atoms with Crippen molar-refractivity contribution < 1.29 is 14.0 Å². The van der Waals surface area contributed by atoms with Crippen molar-refractivity contribution in [3.63, 3.8) is 0 Å². The molecular weight excluding hydrogens is 375 g/mol. The number of carbonyl (C=O) groups excluding carboxylic acids is 2. The number of benzene rings is 2. The van der Waals surface area contributed by atoms with E-state index in [1.807, 2.05) is 24.3 Å². The summed E-state index contributed by atoms with van der Waals surface area (Å²) in [4.78, 5) is 26.6. The number of halogens is 1. The third-order valence-electron chi connectivity index (χ3n) is 5.37. The van der Waals surface area contributed by atoms with Gasteiger partial charge in [-0.05, 0) is 48.7 Å². The molecule has 2 aromatic carbocycles. The zero-order valence-electron chi connectivity index (χ0n) is 15.6. The molecule has 1 heterocycles. The maximum atomic E-state index is 13.7. The number of carbonyl (C=O) groups is 2. The number of rotatable bonds is 4. The van der Waals surface area contributed by atoms with Crippen LogP contribution in [0.15, 0.2) is 48.5 Å². The van der Waals surface area contributed by atoms with E-state index in [0.29, 0.717) is 11.4 Å². The van der Waals surface area contributed by atoms with Crippen LogP contribution >= 0.6 is 11.8 Å². The van der Waals surface area contributed by atoms with Crippen molar-refractivity contribution in [2.75, 3.05) is 16.0 Å². The van der Waals surface area contributed by atoms with Crippen molar-refractivity contribution in [3.05, 3.63) is 59.9 Å². The monoisotopic (exact) mass is 398 g/mol. The normalized spacial score (nSPS) is 20.4. The highest BCUT2D eigenvalue weighted by Gasteiger charge is 2.34. The van der Waals surface area contributed by atoms with E-state index in [2.05, 4.69) is 5.32 Å². The van der Waals surface area contributed by atoms with Crippen LogP contribution in [-0.2, 0) is 9.59 Å². The van der Waals surface area contributed by atoms with Crippen molar-refractivity contribution in [2.45, 2.75) is 37.5 Å². The summed E-state index contributed by atoms with van der Waals surface area (Å²) in [6.45, 7) is 0. The minimum atomic E-state index is -0.366. The van der Waals surface area contributed by atoms with Crippen molar-refractivity contribution >= 4 is 35.0 Å². The zero-order valence-corrected chi connectivity index (χ0v) is 16.4. The van der Waals surface area contributed by atoms with Crippen LogP contribution in [0.4, 0.5) is 15.8 Å². The lowest BCUT2D eigenvalue weighted by atomic mass is 9.88. The summed E-state index contributed by atoms with van der Waals surface area (Å²) in [5.41, 5.74) is 2.21. The fourth-order valence-electron chi connectivity index (χ4n) is 3.95. The van der Waals surface area contributed by atoms with Gasteiger partial charge in [-0.1, -0.05) is 37.5 Å². The summed E-state index contributed by atoms with van der Waals surface area (Å²) in [6, 6.07) is 13.7. The van der Waals surface area contributed by atoms with E-state index in [0.717, 1.165) is 36.9 Å². The molecular formula is C22H23FN2O2S. The minimum absolute atomic E-state index is 0.0442. The molecule has 2 aliphatic rings. The maximum absolute atomic E-state index is 13.7. The van der Waals surface area contributed by atoms with E-state index >= 15 is 0 Å². The van der Waals surface area contributed by atoms with Gasteiger partial charge in [0.15, 0.2) is 0 Å². The van der Waals surface area contributed by atoms with Gasteiger partial charge in [-0.2, -0.15) is 0 Å². The molecule has 1 N–H and O–H groups in total. The molecule has 4 nitrogen and oxygen atoms in total. The van der Waals surface area contributed by atoms with Crippen LogP contribution in [0, 0.1) is 11.7 Å². The molecule has 1 saturated heterocycles. The number of hydrogen-bond acceptors (Lipinski definition) is 3. The first-order valence-electron chi connectivity index (χ1n) is 9.72. The molecule has 0 unspecified atom stereocenters. The lowest BCUT2D eigenvalue weighted by molar-refractivity contribution is -0.120. The van der Waals surface area contributed by atoms with Gasteiger partial charge in [0.25, 0.3) is 0 Å². The first-order chi connectivity index (χ1) is 13.6. The Balaban J connectivity index is 1.54. The Morgan fingerprint density at radius 1 is 1.07 bits per heavy atom. The standard InChI is InChI=1S/C22H23FN2O2S/c23-17-9-5-11-19(13-17)25-20(26)14-28-22(25)16-8-4-10-18(12-16)24-21(27)15-6-2-1-3-7-15/h4-5,8-13,15,22H,1-3,6-7,14H2,(H,24,27)/t22-/m1/s1. The lowest BCUT2D eigenvalue weighted by Gasteiger charge is -2.25. The number of thioether (sulfide) groups is 1. The SMILES string of the molecule is O=C(Nc1cccc([C@H]2SCC(=O)N2c2cccc(F)c2)c1)C1CCCCC1. The molecule has 0 bridgehead atoms. The van der Waals surface area contributed by atoms with Gasteiger partial charge in [-0.3, -0.25) is 14.5 Å². The Bertz CT molecular complexity index is 882. The third kappa shape index (κ3) is 4.07. The molecule has 0 radical (unpaired) electrons. The molecule has 1 aliphatic carbocycles. The number of nitrogens with zero attached hydrogens (tertiary/aromatic N) is 1. The number of hydrogen-bond donors (Lipinski definition) is 1. The molecule has 28 heavy (non-hydrogen) atoms. The van der Waals surface area contributed by atoms with Gasteiger partial charge in [-0.25, -0.2) is 4.39 Å². The van der Waals surface area contributed by atoms with E-state index in [4.69, 9.17) is 0 Å². The zero-order chi connectivity index (χ0) is 19.5. The molecule has 2 fully saturated rings. The summed E-state index contributed by atoms with van der Waals surface area (Å²) in [5, 5.41) is 2.80. The van der Waals surface area contributed by atoms with Crippen LogP contribution in [0.5, 0.6) is 0 Å². The van der Waals surface area contributed by atoms with Crippen LogP contribution in [0.25, 0.3) is 0 Å². The van der Waals surface area contributed by atoms with Gasteiger partial charge in [0.2, 0.25) is 11.8 Å². The molecule has 6 heteroatoms. The number of nitrogens with one attached hydrogen (secondary N) is 1. The average Bonchev–Trinajstić information content (AvgIpc) is 3.10. The van der Waals surface area contributed by atoms with Crippen molar-refractivity contribution in [1.82, 2.24) is 0 Å². The Morgan fingerprint density at radius 2 is 1.86 bits per heavy atom. The first-order valence-corrected chi connectivity index (χ1v) is 10.8. The fraction of sp³-hybridized carbons (Fsp3) is 0.364. The molecule has 4 rings (SSSR count). The first kappa shape index (κ1) is 19.0. The largest absolute Gasteiger partial charge is 0.326 e. The molecule has 0 aromatic heterocycles. The molecule has 2 aromatic rings. The lowest BCUT2D eigenvalue weighted by Crippen LogP contribution is -2.28. The number of amides is 2. The Labute approximate surface area is 168 Å². The van der Waals surface area contributed by atoms with Crippen molar-refractivity contribution in [2.24, 2.45) is 5.92 Å². The van der Waals surface area contributed by atoms with Gasteiger partial charge in [0.05, 0.1) is 5.75 Å². The van der Waals surface area contributed by atoms with Gasteiger partial charge in [0, 0.05) is 17.3 Å². The second kappa shape index (κ2) is 8.35. The molecule has 2 amide bonds. The predicted molar refractivity (Wildman–Crippen MR) is 111 cm³/mol. The van der Waals surface area contributed by atoms with Gasteiger partial charge >= 0.3 is 0 Å². The molecule has 1 saturated carbocycles. The van der Waals surface area contributed by atoms with Crippen LogP contribution in [0.2, 0.25) is 0 Å². The Hall–Kier alpha value is -2.34. The van der Waals surface area contributed by atoms with Crippen LogP contribution in [0.1, 0.15) is 43.0 Å². The quantitative estimate of drug-likeness (QED) is 0.777. The van der Waals surface area contributed by atoms with Gasteiger partial charge < -0.3 is 5.32 Å². The predicted octanol–water partition coefficient (Wildman–Crippen LogP) is 5.12. The smallest absolute Gasteiger partial charge is 0.238 e. The van der Waals surface area contributed by atoms with Gasteiger partial charge in [-0.15, -0.1) is 11.8 Å². The van der Waals surface area contributed by atoms with Crippen molar-refractivity contribution in [1.29, 1.82) is 0 Å². The summed E-state index contributed by atoms with van der Waals surface area (Å²) in [5.74, 6) is 0.101. The summed E-state index contributed by atoms with van der Waals surface area (Å²) in [7, 11) is 0. The van der Waals surface area contributed by atoms with Gasteiger partial charge in [0.1, 0.15) is 11.2 Å². The molecule has 146 valence electrons.